The smallest absolute Gasteiger partial charge is 0.255 e. The molecular weight excluding hydrogens is 323 g/mol. The average molecular weight is 340 g/mol. The molecule has 1 atom stereocenters. The minimum absolute atomic E-state index is 0.0737. The number of fused-ring (bicyclic) bond motifs is 1. The number of phenols is 1. The highest BCUT2D eigenvalue weighted by Gasteiger charge is 2.29. The molecule has 1 heterocycles. The van der Waals surface area contributed by atoms with Gasteiger partial charge in [-0.3, -0.25) is 9.78 Å². The number of phenolic OH excluding ortho intramolecular Hbond substituents is 1. The van der Waals surface area contributed by atoms with Crippen LogP contribution in [0.15, 0.2) is 54.9 Å². The van der Waals surface area contributed by atoms with Crippen LogP contribution in [-0.2, 0) is 5.54 Å². The molecule has 0 saturated carbocycles. The molecule has 0 aliphatic rings. The van der Waals surface area contributed by atoms with E-state index >= 15 is 0 Å². The number of carbonyl (C=O) groups excluding carboxylic acids is 1. The first-order chi connectivity index (χ1) is 11.9. The summed E-state index contributed by atoms with van der Waals surface area (Å²) >= 11 is 0. The highest BCUT2D eigenvalue weighted by molar-refractivity contribution is 5.99. The Morgan fingerprint density at radius 2 is 1.92 bits per heavy atom. The van der Waals surface area contributed by atoms with Crippen molar-refractivity contribution in [3.63, 3.8) is 0 Å². The largest absolute Gasteiger partial charge is 0.508 e. The lowest BCUT2D eigenvalue weighted by Gasteiger charge is -2.29. The first kappa shape index (κ1) is 16.9. The normalized spacial score (nSPS) is 13.4. The molecule has 0 radical (unpaired) electrons. The van der Waals surface area contributed by atoms with E-state index in [-0.39, 0.29) is 17.9 Å². The standard InChI is InChI=1S/C19H17FN2O3/c1-19(11-23,14-2-4-15(24)5-3-14)22-18(25)16-8-12-6-7-21-10-13(12)9-17(16)20/h2-10,23-24H,11H2,1H3,(H,22,25). The summed E-state index contributed by atoms with van der Waals surface area (Å²) in [4.78, 5) is 16.5. The maximum absolute atomic E-state index is 14.3. The molecule has 1 amide bonds. The first-order valence-electron chi connectivity index (χ1n) is 7.69. The Bertz CT molecular complexity index is 928. The van der Waals surface area contributed by atoms with Gasteiger partial charge in [0.1, 0.15) is 11.6 Å². The summed E-state index contributed by atoms with van der Waals surface area (Å²) in [5.41, 5.74) is -0.645. The molecule has 6 heteroatoms. The van der Waals surface area contributed by atoms with Gasteiger partial charge in [0, 0.05) is 17.8 Å². The quantitative estimate of drug-likeness (QED) is 0.682. The molecule has 2 aromatic carbocycles. The molecule has 0 fully saturated rings. The zero-order valence-electron chi connectivity index (χ0n) is 13.5. The van der Waals surface area contributed by atoms with Gasteiger partial charge in [-0.1, -0.05) is 12.1 Å². The summed E-state index contributed by atoms with van der Waals surface area (Å²) < 4.78 is 14.3. The van der Waals surface area contributed by atoms with Gasteiger partial charge in [-0.25, -0.2) is 4.39 Å². The number of hydrogen-bond acceptors (Lipinski definition) is 4. The summed E-state index contributed by atoms with van der Waals surface area (Å²) in [5, 5.41) is 23.1. The predicted octanol–water partition coefficient (Wildman–Crippen LogP) is 2.72. The average Bonchev–Trinajstić information content (AvgIpc) is 2.61. The van der Waals surface area contributed by atoms with Gasteiger partial charge in [0.25, 0.3) is 5.91 Å². The molecule has 0 spiro atoms. The van der Waals surface area contributed by atoms with E-state index in [4.69, 9.17) is 0 Å². The van der Waals surface area contributed by atoms with E-state index in [1.54, 1.807) is 31.3 Å². The highest BCUT2D eigenvalue weighted by atomic mass is 19.1. The van der Waals surface area contributed by atoms with Gasteiger partial charge < -0.3 is 15.5 Å². The lowest BCUT2D eigenvalue weighted by Crippen LogP contribution is -2.46. The van der Waals surface area contributed by atoms with Crippen LogP contribution in [0.2, 0.25) is 0 Å². The van der Waals surface area contributed by atoms with Crippen LogP contribution in [-0.4, -0.2) is 27.7 Å². The highest BCUT2D eigenvalue weighted by Crippen LogP contribution is 2.24. The maximum Gasteiger partial charge on any atom is 0.255 e. The number of hydrogen-bond donors (Lipinski definition) is 3. The molecule has 1 aromatic heterocycles. The fourth-order valence-electron chi connectivity index (χ4n) is 2.63. The number of aromatic nitrogens is 1. The Kier molecular flexibility index (Phi) is 4.37. The van der Waals surface area contributed by atoms with E-state index < -0.39 is 17.3 Å². The van der Waals surface area contributed by atoms with Crippen molar-refractivity contribution >= 4 is 16.7 Å². The molecule has 5 nitrogen and oxygen atoms in total. The van der Waals surface area contributed by atoms with Crippen LogP contribution in [0.25, 0.3) is 10.8 Å². The van der Waals surface area contributed by atoms with Gasteiger partial charge in [0.05, 0.1) is 17.7 Å². The number of aromatic hydroxyl groups is 1. The van der Waals surface area contributed by atoms with Crippen molar-refractivity contribution in [3.8, 4) is 5.75 Å². The predicted molar refractivity (Wildman–Crippen MR) is 91.7 cm³/mol. The van der Waals surface area contributed by atoms with Gasteiger partial charge in [0.15, 0.2) is 0 Å². The summed E-state index contributed by atoms with van der Waals surface area (Å²) in [6.07, 6.45) is 3.09. The third-order valence-electron chi connectivity index (χ3n) is 4.18. The van der Waals surface area contributed by atoms with Crippen molar-refractivity contribution in [2.45, 2.75) is 12.5 Å². The Hall–Kier alpha value is -2.99. The topological polar surface area (TPSA) is 82.5 Å². The van der Waals surface area contributed by atoms with Crippen LogP contribution in [0, 0.1) is 5.82 Å². The molecule has 0 saturated heterocycles. The van der Waals surface area contributed by atoms with Crippen LogP contribution in [0.4, 0.5) is 4.39 Å². The van der Waals surface area contributed by atoms with Gasteiger partial charge in [0.2, 0.25) is 0 Å². The van der Waals surface area contributed by atoms with E-state index in [9.17, 15) is 19.4 Å². The van der Waals surface area contributed by atoms with Crippen LogP contribution in [0.1, 0.15) is 22.8 Å². The minimum atomic E-state index is -1.12. The Labute approximate surface area is 143 Å². The first-order valence-corrected chi connectivity index (χ1v) is 7.69. The molecule has 3 rings (SSSR count). The number of aliphatic hydroxyl groups is 1. The third kappa shape index (κ3) is 3.29. The van der Waals surface area contributed by atoms with Crippen molar-refractivity contribution in [1.29, 1.82) is 0 Å². The Balaban J connectivity index is 1.94. The van der Waals surface area contributed by atoms with E-state index in [1.165, 1.54) is 30.5 Å². The van der Waals surface area contributed by atoms with Crippen molar-refractivity contribution in [1.82, 2.24) is 10.3 Å². The van der Waals surface area contributed by atoms with Crippen molar-refractivity contribution < 1.29 is 19.4 Å². The number of rotatable bonds is 4. The molecule has 1 unspecified atom stereocenters. The fourth-order valence-corrected chi connectivity index (χ4v) is 2.63. The number of benzene rings is 2. The van der Waals surface area contributed by atoms with E-state index in [0.29, 0.717) is 16.3 Å². The number of aliphatic hydroxyl groups excluding tert-OH is 1. The molecule has 128 valence electrons. The molecule has 0 aliphatic heterocycles. The number of pyridine rings is 1. The second-order valence-corrected chi connectivity index (χ2v) is 6.05. The second-order valence-electron chi connectivity index (χ2n) is 6.05. The summed E-state index contributed by atoms with van der Waals surface area (Å²) in [5.74, 6) is -1.23. The summed E-state index contributed by atoms with van der Waals surface area (Å²) in [6.45, 7) is 1.24. The number of halogens is 1. The molecule has 3 aromatic rings. The third-order valence-corrected chi connectivity index (χ3v) is 4.18. The summed E-state index contributed by atoms with van der Waals surface area (Å²) in [6, 6.07) is 10.5. The van der Waals surface area contributed by atoms with Crippen LogP contribution < -0.4 is 5.32 Å². The van der Waals surface area contributed by atoms with E-state index in [2.05, 4.69) is 10.3 Å². The van der Waals surface area contributed by atoms with Gasteiger partial charge >= 0.3 is 0 Å². The van der Waals surface area contributed by atoms with Crippen molar-refractivity contribution in [2.75, 3.05) is 6.61 Å². The minimum Gasteiger partial charge on any atom is -0.508 e. The number of amides is 1. The monoisotopic (exact) mass is 340 g/mol. The SMILES string of the molecule is CC(CO)(NC(=O)c1cc2ccncc2cc1F)c1ccc(O)cc1. The lowest BCUT2D eigenvalue weighted by molar-refractivity contribution is 0.0845. The van der Waals surface area contributed by atoms with E-state index in [1.807, 2.05) is 0 Å². The zero-order chi connectivity index (χ0) is 18.0. The fraction of sp³-hybridized carbons (Fsp3) is 0.158. The molecule has 3 N–H and O–H groups in total. The van der Waals surface area contributed by atoms with Gasteiger partial charge in [-0.2, -0.15) is 0 Å². The maximum atomic E-state index is 14.3. The molecule has 25 heavy (non-hydrogen) atoms. The Morgan fingerprint density at radius 1 is 1.20 bits per heavy atom. The van der Waals surface area contributed by atoms with Crippen LogP contribution in [0.3, 0.4) is 0 Å². The second kappa shape index (κ2) is 6.49. The molecule has 0 aliphatic carbocycles. The summed E-state index contributed by atoms with van der Waals surface area (Å²) in [7, 11) is 0. The Morgan fingerprint density at radius 3 is 2.60 bits per heavy atom. The van der Waals surface area contributed by atoms with Crippen LogP contribution in [0.5, 0.6) is 5.75 Å². The van der Waals surface area contributed by atoms with E-state index in [0.717, 1.165) is 0 Å². The van der Waals surface area contributed by atoms with Gasteiger partial charge in [-0.15, -0.1) is 0 Å². The molecule has 0 bridgehead atoms. The number of carbonyl (C=O) groups is 1. The van der Waals surface area contributed by atoms with Gasteiger partial charge in [-0.05, 0) is 48.2 Å². The molecular formula is C19H17FN2O3. The van der Waals surface area contributed by atoms with Crippen molar-refractivity contribution in [2.24, 2.45) is 0 Å². The van der Waals surface area contributed by atoms with Crippen molar-refractivity contribution in [3.05, 3.63) is 71.8 Å². The lowest BCUT2D eigenvalue weighted by atomic mass is 9.92. The number of nitrogens with one attached hydrogen (secondary N) is 1. The van der Waals surface area contributed by atoms with Crippen LogP contribution >= 0.6 is 0 Å². The zero-order valence-corrected chi connectivity index (χ0v) is 13.5. The number of nitrogens with zero attached hydrogens (tertiary/aromatic N) is 1.